The predicted molar refractivity (Wildman–Crippen MR) is 112 cm³/mol. The van der Waals surface area contributed by atoms with Crippen molar-refractivity contribution in [2.24, 2.45) is 4.99 Å². The maximum absolute atomic E-state index is 13.2. The molecule has 1 heterocycles. The molecule has 2 aromatic carbocycles. The molecule has 0 aromatic heterocycles. The molecular weight excluding hydrogens is 393 g/mol. The van der Waals surface area contributed by atoms with E-state index in [2.05, 4.69) is 10.3 Å². The first kappa shape index (κ1) is 20.9. The summed E-state index contributed by atoms with van der Waals surface area (Å²) >= 11 is 1.25. The Kier molecular flexibility index (Phi) is 6.87. The van der Waals surface area contributed by atoms with Crippen molar-refractivity contribution in [1.29, 1.82) is 0 Å². The number of nitrogens with one attached hydrogen (secondary N) is 1. The molecule has 1 atom stereocenters. The van der Waals surface area contributed by atoms with E-state index < -0.39 is 5.25 Å². The van der Waals surface area contributed by atoms with Crippen molar-refractivity contribution in [2.45, 2.75) is 25.1 Å². The molecule has 1 fully saturated rings. The lowest BCUT2D eigenvalue weighted by Crippen LogP contribution is -2.34. The zero-order valence-electron chi connectivity index (χ0n) is 16.2. The van der Waals surface area contributed by atoms with E-state index in [0.717, 1.165) is 11.3 Å². The van der Waals surface area contributed by atoms with E-state index in [1.807, 2.05) is 31.2 Å². The van der Waals surface area contributed by atoms with Gasteiger partial charge < -0.3 is 10.1 Å². The topological polar surface area (TPSA) is 71.0 Å². The SMILES string of the molecule is CCNC(=O)CC1SC(=Nc2ccc(F)cc2)N(Cc2ccc(OC)cc2)C1=O. The second-order valence-corrected chi connectivity index (χ2v) is 7.58. The molecule has 152 valence electrons. The number of nitrogens with zero attached hydrogens (tertiary/aromatic N) is 2. The Morgan fingerprint density at radius 1 is 1.21 bits per heavy atom. The lowest BCUT2D eigenvalue weighted by molar-refractivity contribution is -0.129. The van der Waals surface area contributed by atoms with Gasteiger partial charge in [-0.05, 0) is 48.9 Å². The van der Waals surface area contributed by atoms with Gasteiger partial charge in [0.25, 0.3) is 0 Å². The zero-order valence-corrected chi connectivity index (χ0v) is 17.0. The summed E-state index contributed by atoms with van der Waals surface area (Å²) in [4.78, 5) is 31.1. The standard InChI is InChI=1S/C21H22FN3O3S/c1-3-23-19(26)12-18-20(27)25(13-14-4-10-17(28-2)11-5-14)21(29-18)24-16-8-6-15(22)7-9-16/h4-11,18H,3,12-13H2,1-2H3,(H,23,26). The number of methoxy groups -OCH3 is 1. The van der Waals surface area contributed by atoms with Crippen LogP contribution in [0.3, 0.4) is 0 Å². The predicted octanol–water partition coefficient (Wildman–Crippen LogP) is 3.49. The fourth-order valence-corrected chi connectivity index (χ4v) is 4.01. The molecule has 6 nitrogen and oxygen atoms in total. The van der Waals surface area contributed by atoms with Crippen molar-refractivity contribution >= 4 is 34.4 Å². The molecule has 1 aliphatic rings. The lowest BCUT2D eigenvalue weighted by atomic mass is 10.2. The van der Waals surface area contributed by atoms with Gasteiger partial charge in [0.05, 0.1) is 19.3 Å². The average Bonchev–Trinajstić information content (AvgIpc) is 2.99. The molecule has 29 heavy (non-hydrogen) atoms. The molecule has 0 bridgehead atoms. The number of ether oxygens (including phenoxy) is 1. The van der Waals surface area contributed by atoms with Crippen molar-refractivity contribution in [2.75, 3.05) is 13.7 Å². The summed E-state index contributed by atoms with van der Waals surface area (Å²) in [6.45, 7) is 2.66. The normalized spacial score (nSPS) is 17.6. The first-order chi connectivity index (χ1) is 14.0. The van der Waals surface area contributed by atoms with Gasteiger partial charge >= 0.3 is 0 Å². The summed E-state index contributed by atoms with van der Waals surface area (Å²) in [6.07, 6.45) is 0.0822. The number of carbonyl (C=O) groups excluding carboxylic acids is 2. The van der Waals surface area contributed by atoms with Gasteiger partial charge in [0.1, 0.15) is 16.8 Å². The number of hydrogen-bond acceptors (Lipinski definition) is 5. The first-order valence-corrected chi connectivity index (χ1v) is 10.1. The summed E-state index contributed by atoms with van der Waals surface area (Å²) in [7, 11) is 1.59. The Labute approximate surface area is 173 Å². The van der Waals surface area contributed by atoms with E-state index in [0.29, 0.717) is 23.9 Å². The second kappa shape index (κ2) is 9.56. The third-order valence-corrected chi connectivity index (χ3v) is 5.49. The molecule has 2 aromatic rings. The highest BCUT2D eigenvalue weighted by atomic mass is 32.2. The minimum Gasteiger partial charge on any atom is -0.497 e. The molecule has 0 radical (unpaired) electrons. The molecule has 8 heteroatoms. The van der Waals surface area contributed by atoms with Gasteiger partial charge in [-0.15, -0.1) is 0 Å². The quantitative estimate of drug-likeness (QED) is 0.752. The van der Waals surface area contributed by atoms with Crippen LogP contribution >= 0.6 is 11.8 Å². The second-order valence-electron chi connectivity index (χ2n) is 6.41. The first-order valence-electron chi connectivity index (χ1n) is 9.22. The fourth-order valence-electron chi connectivity index (χ4n) is 2.85. The smallest absolute Gasteiger partial charge is 0.242 e. The van der Waals surface area contributed by atoms with Crippen LogP contribution in [0, 0.1) is 5.82 Å². The molecule has 0 saturated carbocycles. The highest BCUT2D eigenvalue weighted by Crippen LogP contribution is 2.33. The van der Waals surface area contributed by atoms with Gasteiger partial charge in [-0.1, -0.05) is 23.9 Å². The van der Waals surface area contributed by atoms with Crippen LogP contribution < -0.4 is 10.1 Å². The average molecular weight is 415 g/mol. The highest BCUT2D eigenvalue weighted by molar-refractivity contribution is 8.15. The molecule has 1 N–H and O–H groups in total. The van der Waals surface area contributed by atoms with Gasteiger partial charge in [0.2, 0.25) is 11.8 Å². The number of amides is 2. The van der Waals surface area contributed by atoms with E-state index in [-0.39, 0.29) is 24.1 Å². The van der Waals surface area contributed by atoms with Crippen LogP contribution in [0.4, 0.5) is 10.1 Å². The number of carbonyl (C=O) groups is 2. The number of aliphatic imine (C=N–C) groups is 1. The van der Waals surface area contributed by atoms with Gasteiger partial charge in [0.15, 0.2) is 5.17 Å². The Morgan fingerprint density at radius 2 is 1.90 bits per heavy atom. The number of halogens is 1. The molecule has 3 rings (SSSR count). The molecule has 1 unspecified atom stereocenters. The molecule has 0 aliphatic carbocycles. The van der Waals surface area contributed by atoms with Crippen LogP contribution in [-0.2, 0) is 16.1 Å². The van der Waals surface area contributed by atoms with Crippen molar-refractivity contribution in [1.82, 2.24) is 10.2 Å². The summed E-state index contributed by atoms with van der Waals surface area (Å²) in [5.41, 5.74) is 1.45. The lowest BCUT2D eigenvalue weighted by Gasteiger charge is -2.17. The van der Waals surface area contributed by atoms with Crippen molar-refractivity contribution < 1.29 is 18.7 Å². The summed E-state index contributed by atoms with van der Waals surface area (Å²) in [6, 6.07) is 13.2. The molecular formula is C21H22FN3O3S. The van der Waals surface area contributed by atoms with Gasteiger partial charge in [0, 0.05) is 13.0 Å². The Bertz CT molecular complexity index is 900. The van der Waals surface area contributed by atoms with Gasteiger partial charge in [-0.3, -0.25) is 14.5 Å². The van der Waals surface area contributed by atoms with E-state index in [1.54, 1.807) is 24.1 Å². The Morgan fingerprint density at radius 3 is 2.52 bits per heavy atom. The van der Waals surface area contributed by atoms with Crippen LogP contribution in [0.5, 0.6) is 5.75 Å². The van der Waals surface area contributed by atoms with E-state index in [4.69, 9.17) is 4.74 Å². The minimum absolute atomic E-state index is 0.0822. The zero-order chi connectivity index (χ0) is 20.8. The summed E-state index contributed by atoms with van der Waals surface area (Å²) in [5.74, 6) is 0.0298. The molecule has 0 spiro atoms. The van der Waals surface area contributed by atoms with E-state index in [1.165, 1.54) is 23.9 Å². The number of benzene rings is 2. The largest absolute Gasteiger partial charge is 0.497 e. The van der Waals surface area contributed by atoms with E-state index >= 15 is 0 Å². The molecule has 2 amide bonds. The van der Waals surface area contributed by atoms with Crippen LogP contribution in [0.25, 0.3) is 0 Å². The molecule has 1 saturated heterocycles. The van der Waals surface area contributed by atoms with E-state index in [9.17, 15) is 14.0 Å². The third kappa shape index (κ3) is 5.35. The number of amidine groups is 1. The van der Waals surface area contributed by atoms with Gasteiger partial charge in [-0.25, -0.2) is 9.38 Å². The Hall–Kier alpha value is -2.87. The van der Waals surface area contributed by atoms with Crippen LogP contribution in [0.1, 0.15) is 18.9 Å². The van der Waals surface area contributed by atoms with Crippen LogP contribution in [0.15, 0.2) is 53.5 Å². The number of hydrogen-bond donors (Lipinski definition) is 1. The monoisotopic (exact) mass is 415 g/mol. The van der Waals surface area contributed by atoms with Crippen molar-refractivity contribution in [3.63, 3.8) is 0 Å². The fraction of sp³-hybridized carbons (Fsp3) is 0.286. The third-order valence-electron chi connectivity index (χ3n) is 4.32. The van der Waals surface area contributed by atoms with Crippen molar-refractivity contribution in [3.05, 3.63) is 59.9 Å². The summed E-state index contributed by atoms with van der Waals surface area (Å²) < 4.78 is 18.4. The minimum atomic E-state index is -0.543. The maximum Gasteiger partial charge on any atom is 0.242 e. The number of rotatable bonds is 7. The highest BCUT2D eigenvalue weighted by Gasteiger charge is 2.39. The molecule has 1 aliphatic heterocycles. The number of thioether (sulfide) groups is 1. The van der Waals surface area contributed by atoms with Crippen LogP contribution in [0.2, 0.25) is 0 Å². The van der Waals surface area contributed by atoms with Crippen LogP contribution in [-0.4, -0.2) is 40.8 Å². The van der Waals surface area contributed by atoms with Crippen molar-refractivity contribution in [3.8, 4) is 5.75 Å². The summed E-state index contributed by atoms with van der Waals surface area (Å²) in [5, 5.41) is 2.67. The maximum atomic E-state index is 13.2. The van der Waals surface area contributed by atoms with Gasteiger partial charge in [-0.2, -0.15) is 0 Å². The Balaban J connectivity index is 1.85.